The Balaban J connectivity index is 2.08. The molecule has 0 atom stereocenters. The summed E-state index contributed by atoms with van der Waals surface area (Å²) in [6, 6.07) is 3.77. The fourth-order valence-corrected chi connectivity index (χ4v) is 3.32. The van der Waals surface area contributed by atoms with Gasteiger partial charge in [-0.15, -0.1) is 10.2 Å². The van der Waals surface area contributed by atoms with E-state index >= 15 is 0 Å². The van der Waals surface area contributed by atoms with E-state index in [9.17, 15) is 0 Å². The number of methoxy groups -OCH3 is 3. The van der Waals surface area contributed by atoms with Gasteiger partial charge >= 0.3 is 0 Å². The first-order valence-electron chi connectivity index (χ1n) is 7.58. The highest BCUT2D eigenvalue weighted by atomic mass is 32.1. The summed E-state index contributed by atoms with van der Waals surface area (Å²) in [5, 5.41) is 13.9. The molecule has 3 rings (SSSR count). The minimum Gasteiger partial charge on any atom is -0.493 e. The van der Waals surface area contributed by atoms with Gasteiger partial charge in [0.15, 0.2) is 17.3 Å². The monoisotopic (exact) mass is 348 g/mol. The number of aromatic nitrogens is 4. The Morgan fingerprint density at radius 3 is 2.25 bits per heavy atom. The Morgan fingerprint density at radius 2 is 1.71 bits per heavy atom. The van der Waals surface area contributed by atoms with E-state index in [1.54, 1.807) is 21.3 Å². The van der Waals surface area contributed by atoms with Crippen molar-refractivity contribution < 1.29 is 14.2 Å². The molecule has 0 radical (unpaired) electrons. The van der Waals surface area contributed by atoms with Gasteiger partial charge < -0.3 is 14.2 Å². The van der Waals surface area contributed by atoms with E-state index in [2.05, 4.69) is 29.1 Å². The maximum atomic E-state index is 5.41. The molecule has 0 N–H and O–H groups in total. The summed E-state index contributed by atoms with van der Waals surface area (Å²) in [6.45, 7) is 4.29. The van der Waals surface area contributed by atoms with E-state index in [1.165, 1.54) is 11.3 Å². The largest absolute Gasteiger partial charge is 0.493 e. The molecule has 1 aromatic carbocycles. The molecule has 3 aromatic rings. The first kappa shape index (κ1) is 16.5. The lowest BCUT2D eigenvalue weighted by atomic mass is 10.1. The molecule has 128 valence electrons. The second kappa shape index (κ2) is 6.64. The number of nitrogens with zero attached hydrogens (tertiary/aromatic N) is 4. The van der Waals surface area contributed by atoms with Crippen LogP contribution < -0.4 is 14.2 Å². The Labute approximate surface area is 144 Å². The van der Waals surface area contributed by atoms with Gasteiger partial charge in [-0.3, -0.25) is 0 Å². The van der Waals surface area contributed by atoms with E-state index in [1.807, 2.05) is 16.6 Å². The maximum Gasteiger partial charge on any atom is 0.234 e. The van der Waals surface area contributed by atoms with Gasteiger partial charge in [0.1, 0.15) is 5.01 Å². The van der Waals surface area contributed by atoms with Crippen molar-refractivity contribution >= 4 is 16.3 Å². The second-order valence-corrected chi connectivity index (χ2v) is 6.69. The molecule has 0 aliphatic rings. The minimum absolute atomic E-state index is 0.490. The smallest absolute Gasteiger partial charge is 0.234 e. The van der Waals surface area contributed by atoms with Crippen LogP contribution in [0.25, 0.3) is 15.5 Å². The third-order valence-corrected chi connectivity index (χ3v) is 4.51. The van der Waals surface area contributed by atoms with Crippen LogP contribution in [0.15, 0.2) is 12.1 Å². The molecule has 0 saturated carbocycles. The summed E-state index contributed by atoms with van der Waals surface area (Å²) >= 11 is 1.48. The number of hydrogen-bond acceptors (Lipinski definition) is 7. The number of hydrogen-bond donors (Lipinski definition) is 0. The molecule has 0 amide bonds. The second-order valence-electron chi connectivity index (χ2n) is 5.73. The number of benzene rings is 1. The van der Waals surface area contributed by atoms with Crippen LogP contribution in [0.1, 0.15) is 19.7 Å². The highest BCUT2D eigenvalue weighted by Gasteiger charge is 2.18. The van der Waals surface area contributed by atoms with Crippen molar-refractivity contribution in [2.75, 3.05) is 21.3 Å². The third kappa shape index (κ3) is 2.89. The van der Waals surface area contributed by atoms with Crippen molar-refractivity contribution in [2.45, 2.75) is 20.3 Å². The van der Waals surface area contributed by atoms with Crippen LogP contribution in [0.4, 0.5) is 0 Å². The third-order valence-electron chi connectivity index (χ3n) is 3.56. The van der Waals surface area contributed by atoms with Gasteiger partial charge in [0.2, 0.25) is 10.7 Å². The number of ether oxygens (including phenoxy) is 3. The lowest BCUT2D eigenvalue weighted by Crippen LogP contribution is -2.01. The molecule has 24 heavy (non-hydrogen) atoms. The van der Waals surface area contributed by atoms with E-state index < -0.39 is 0 Å². The molecular formula is C16H20N4O3S. The van der Waals surface area contributed by atoms with Crippen LogP contribution >= 0.6 is 11.3 Å². The summed E-state index contributed by atoms with van der Waals surface area (Å²) in [5.74, 6) is 3.12. The average Bonchev–Trinajstić information content (AvgIpc) is 3.15. The first-order chi connectivity index (χ1) is 11.6. The van der Waals surface area contributed by atoms with Crippen LogP contribution in [0.2, 0.25) is 0 Å². The summed E-state index contributed by atoms with van der Waals surface area (Å²) in [4.78, 5) is 0.773. The molecule has 7 nitrogen and oxygen atoms in total. The summed E-state index contributed by atoms with van der Waals surface area (Å²) in [7, 11) is 4.78. The Morgan fingerprint density at radius 1 is 1.04 bits per heavy atom. The molecule has 0 fully saturated rings. The molecule has 0 unspecified atom stereocenters. The fraction of sp³-hybridized carbons (Fsp3) is 0.438. The number of rotatable bonds is 6. The van der Waals surface area contributed by atoms with E-state index in [0.29, 0.717) is 23.2 Å². The van der Waals surface area contributed by atoms with Gasteiger partial charge in [-0.2, -0.15) is 9.61 Å². The minimum atomic E-state index is 0.490. The van der Waals surface area contributed by atoms with E-state index in [-0.39, 0.29) is 0 Å². The number of fused-ring (bicyclic) bond motifs is 1. The quantitative estimate of drug-likeness (QED) is 0.682. The highest BCUT2D eigenvalue weighted by molar-refractivity contribution is 7.19. The zero-order valence-electron chi connectivity index (χ0n) is 14.4. The van der Waals surface area contributed by atoms with Gasteiger partial charge in [-0.25, -0.2) is 0 Å². The Bertz CT molecular complexity index is 831. The van der Waals surface area contributed by atoms with Gasteiger partial charge in [0, 0.05) is 12.0 Å². The van der Waals surface area contributed by atoms with Crippen LogP contribution in [-0.2, 0) is 6.42 Å². The van der Waals surface area contributed by atoms with Gasteiger partial charge in [-0.05, 0) is 18.1 Å². The molecule has 0 bridgehead atoms. The van der Waals surface area contributed by atoms with Crippen molar-refractivity contribution in [2.24, 2.45) is 5.92 Å². The predicted molar refractivity (Wildman–Crippen MR) is 92.3 cm³/mol. The molecule has 0 saturated heterocycles. The fourth-order valence-electron chi connectivity index (χ4n) is 2.47. The standard InChI is InChI=1S/C16H20N4O3S/c1-9(2)6-13-17-18-16-20(13)19-15(24-16)10-7-11(21-3)14(23-5)12(8-10)22-4/h7-9H,6H2,1-5H3. The van der Waals surface area contributed by atoms with Crippen LogP contribution in [-0.4, -0.2) is 41.1 Å². The van der Waals surface area contributed by atoms with Crippen LogP contribution in [0.3, 0.4) is 0 Å². The molecule has 0 aliphatic carbocycles. The average molecular weight is 348 g/mol. The van der Waals surface area contributed by atoms with Gasteiger partial charge in [0.05, 0.1) is 21.3 Å². The molecule has 8 heteroatoms. The van der Waals surface area contributed by atoms with Crippen LogP contribution in [0.5, 0.6) is 17.2 Å². The molecule has 0 aliphatic heterocycles. The van der Waals surface area contributed by atoms with Crippen LogP contribution in [0, 0.1) is 5.92 Å². The zero-order chi connectivity index (χ0) is 17.3. The topological polar surface area (TPSA) is 70.8 Å². The molecule has 2 aromatic heterocycles. The van der Waals surface area contributed by atoms with E-state index in [0.717, 1.165) is 27.8 Å². The van der Waals surface area contributed by atoms with Crippen molar-refractivity contribution in [1.82, 2.24) is 19.8 Å². The first-order valence-corrected chi connectivity index (χ1v) is 8.40. The van der Waals surface area contributed by atoms with Crippen molar-refractivity contribution in [3.05, 3.63) is 18.0 Å². The van der Waals surface area contributed by atoms with Crippen molar-refractivity contribution in [3.63, 3.8) is 0 Å². The molecule has 2 heterocycles. The lowest BCUT2D eigenvalue weighted by molar-refractivity contribution is 0.324. The van der Waals surface area contributed by atoms with E-state index in [4.69, 9.17) is 14.2 Å². The highest BCUT2D eigenvalue weighted by Crippen LogP contribution is 2.41. The Hall–Kier alpha value is -2.35. The zero-order valence-corrected chi connectivity index (χ0v) is 15.2. The summed E-state index contributed by atoms with van der Waals surface area (Å²) in [5.41, 5.74) is 0.885. The molecule has 0 spiro atoms. The van der Waals surface area contributed by atoms with Gasteiger partial charge in [0.25, 0.3) is 0 Å². The summed E-state index contributed by atoms with van der Waals surface area (Å²) in [6.07, 6.45) is 0.833. The SMILES string of the molecule is COc1cc(-c2nn3c(CC(C)C)nnc3s2)cc(OC)c1OC. The van der Waals surface area contributed by atoms with Gasteiger partial charge in [-0.1, -0.05) is 25.2 Å². The molecular weight excluding hydrogens is 328 g/mol. The lowest BCUT2D eigenvalue weighted by Gasteiger charge is -2.13. The van der Waals surface area contributed by atoms with Crippen molar-refractivity contribution in [1.29, 1.82) is 0 Å². The maximum absolute atomic E-state index is 5.41. The predicted octanol–water partition coefficient (Wildman–Crippen LogP) is 3.08. The summed E-state index contributed by atoms with van der Waals surface area (Å²) < 4.78 is 18.0. The normalized spacial score (nSPS) is 11.2. The Kier molecular flexibility index (Phi) is 4.57. The van der Waals surface area contributed by atoms with Crippen molar-refractivity contribution in [3.8, 4) is 27.8 Å².